The van der Waals surface area contributed by atoms with E-state index in [4.69, 9.17) is 10.5 Å². The molecule has 0 saturated heterocycles. The van der Waals surface area contributed by atoms with Crippen LogP contribution < -0.4 is 15.4 Å². The van der Waals surface area contributed by atoms with Crippen molar-refractivity contribution in [3.63, 3.8) is 0 Å². The van der Waals surface area contributed by atoms with Gasteiger partial charge in [0.05, 0.1) is 5.69 Å². The third kappa shape index (κ3) is 2.31. The number of benzene rings is 1. The highest BCUT2D eigenvalue weighted by atomic mass is 79.9. The zero-order valence-electron chi connectivity index (χ0n) is 8.64. The lowest BCUT2D eigenvalue weighted by Gasteiger charge is -2.17. The van der Waals surface area contributed by atoms with E-state index in [0.29, 0.717) is 5.75 Å². The van der Waals surface area contributed by atoms with Gasteiger partial charge in [-0.3, -0.25) is 4.79 Å². The molecule has 0 fully saturated rings. The molecule has 1 aliphatic heterocycles. The maximum absolute atomic E-state index is 11.7. The molecule has 0 bridgehead atoms. The standard InChI is InChI=1S/C10H11BrN2O2.ClH/c1-13-8-4-6(11)2-3-9(8)15-5-7(12)10(13)14;/h2-4,7H,5,12H2,1H3;1H. The van der Waals surface area contributed by atoms with E-state index >= 15 is 0 Å². The molecule has 0 spiro atoms. The number of hydrogen-bond donors (Lipinski definition) is 1. The van der Waals surface area contributed by atoms with Crippen LogP contribution in [-0.2, 0) is 4.79 Å². The van der Waals surface area contributed by atoms with Gasteiger partial charge in [0.25, 0.3) is 0 Å². The van der Waals surface area contributed by atoms with Gasteiger partial charge in [-0.15, -0.1) is 12.4 Å². The number of anilines is 1. The van der Waals surface area contributed by atoms with Crippen molar-refractivity contribution in [3.05, 3.63) is 22.7 Å². The van der Waals surface area contributed by atoms with Gasteiger partial charge < -0.3 is 15.4 Å². The number of ether oxygens (including phenoxy) is 1. The molecule has 1 aromatic carbocycles. The van der Waals surface area contributed by atoms with Crippen LogP contribution >= 0.6 is 28.3 Å². The van der Waals surface area contributed by atoms with Gasteiger partial charge >= 0.3 is 0 Å². The number of nitrogens with zero attached hydrogens (tertiary/aromatic N) is 1. The third-order valence-electron chi connectivity index (χ3n) is 2.35. The molecule has 1 unspecified atom stereocenters. The fourth-order valence-corrected chi connectivity index (χ4v) is 1.84. The van der Waals surface area contributed by atoms with Crippen LogP contribution in [0.2, 0.25) is 0 Å². The second kappa shape index (κ2) is 5.03. The van der Waals surface area contributed by atoms with E-state index in [2.05, 4.69) is 15.9 Å². The molecular formula is C10H12BrClN2O2. The van der Waals surface area contributed by atoms with E-state index < -0.39 is 6.04 Å². The average molecular weight is 308 g/mol. The van der Waals surface area contributed by atoms with Gasteiger partial charge in [0.15, 0.2) is 0 Å². The molecule has 0 saturated carbocycles. The summed E-state index contributed by atoms with van der Waals surface area (Å²) < 4.78 is 6.35. The Morgan fingerprint density at radius 2 is 2.25 bits per heavy atom. The average Bonchev–Trinajstić information content (AvgIpc) is 2.32. The SMILES string of the molecule is CN1C(=O)C(N)COc2ccc(Br)cc21.Cl. The molecule has 6 heteroatoms. The van der Waals surface area contributed by atoms with Gasteiger partial charge in [-0.1, -0.05) is 15.9 Å². The van der Waals surface area contributed by atoms with Crippen LogP contribution in [0, 0.1) is 0 Å². The molecule has 2 N–H and O–H groups in total. The lowest BCUT2D eigenvalue weighted by Crippen LogP contribution is -2.43. The summed E-state index contributed by atoms with van der Waals surface area (Å²) in [7, 11) is 1.70. The van der Waals surface area contributed by atoms with Crippen LogP contribution in [0.25, 0.3) is 0 Å². The summed E-state index contributed by atoms with van der Waals surface area (Å²) in [6.45, 7) is 0.220. The monoisotopic (exact) mass is 306 g/mol. The number of rotatable bonds is 0. The Morgan fingerprint density at radius 3 is 2.94 bits per heavy atom. The van der Waals surface area contributed by atoms with Crippen molar-refractivity contribution < 1.29 is 9.53 Å². The van der Waals surface area contributed by atoms with Gasteiger partial charge in [0, 0.05) is 11.5 Å². The van der Waals surface area contributed by atoms with Crippen molar-refractivity contribution in [1.29, 1.82) is 0 Å². The summed E-state index contributed by atoms with van der Waals surface area (Å²) in [6, 6.07) is 4.93. The Bertz CT molecular complexity index is 414. The first-order chi connectivity index (χ1) is 7.09. The highest BCUT2D eigenvalue weighted by Gasteiger charge is 2.26. The number of hydrogen-bond acceptors (Lipinski definition) is 3. The number of carbonyl (C=O) groups excluding carboxylic acids is 1. The molecule has 0 aliphatic carbocycles. The van der Waals surface area contributed by atoms with E-state index in [1.54, 1.807) is 7.05 Å². The number of carbonyl (C=O) groups is 1. The Labute approximate surface area is 108 Å². The normalized spacial score (nSPS) is 19.3. The van der Waals surface area contributed by atoms with Crippen LogP contribution in [0.3, 0.4) is 0 Å². The summed E-state index contributed by atoms with van der Waals surface area (Å²) >= 11 is 3.35. The highest BCUT2D eigenvalue weighted by Crippen LogP contribution is 2.32. The van der Waals surface area contributed by atoms with Crippen LogP contribution in [0.4, 0.5) is 5.69 Å². The minimum atomic E-state index is -0.596. The molecule has 88 valence electrons. The molecular weight excluding hydrogens is 295 g/mol. The predicted octanol–water partition coefficient (Wildman–Crippen LogP) is 1.55. The van der Waals surface area contributed by atoms with Crippen molar-refractivity contribution in [2.45, 2.75) is 6.04 Å². The van der Waals surface area contributed by atoms with Crippen molar-refractivity contribution in [3.8, 4) is 5.75 Å². The van der Waals surface area contributed by atoms with Crippen molar-refractivity contribution in [2.24, 2.45) is 5.73 Å². The molecule has 1 aromatic rings. The third-order valence-corrected chi connectivity index (χ3v) is 2.84. The molecule has 16 heavy (non-hydrogen) atoms. The first kappa shape index (κ1) is 13.3. The molecule has 1 aliphatic rings. The van der Waals surface area contributed by atoms with Gasteiger partial charge in [0.1, 0.15) is 18.4 Å². The van der Waals surface area contributed by atoms with E-state index in [9.17, 15) is 4.79 Å². The molecule has 2 rings (SSSR count). The van der Waals surface area contributed by atoms with Crippen LogP contribution in [0.15, 0.2) is 22.7 Å². The number of halogens is 2. The summed E-state index contributed by atoms with van der Waals surface area (Å²) in [6.07, 6.45) is 0. The van der Waals surface area contributed by atoms with Crippen LogP contribution in [-0.4, -0.2) is 25.6 Å². The van der Waals surface area contributed by atoms with Crippen molar-refractivity contribution in [1.82, 2.24) is 0 Å². The minimum absolute atomic E-state index is 0. The fraction of sp³-hybridized carbons (Fsp3) is 0.300. The predicted molar refractivity (Wildman–Crippen MR) is 68.3 cm³/mol. The first-order valence-electron chi connectivity index (χ1n) is 4.55. The van der Waals surface area contributed by atoms with E-state index in [-0.39, 0.29) is 24.9 Å². The smallest absolute Gasteiger partial charge is 0.247 e. The summed E-state index contributed by atoms with van der Waals surface area (Å²) in [5.74, 6) is 0.550. The first-order valence-corrected chi connectivity index (χ1v) is 5.34. The molecule has 0 aromatic heterocycles. The Kier molecular flexibility index (Phi) is 4.18. The fourth-order valence-electron chi connectivity index (χ4n) is 1.49. The molecule has 4 nitrogen and oxygen atoms in total. The van der Waals surface area contributed by atoms with Gasteiger partial charge in [-0.25, -0.2) is 0 Å². The zero-order valence-corrected chi connectivity index (χ0v) is 11.0. The lowest BCUT2D eigenvalue weighted by molar-refractivity contribution is -0.119. The van der Waals surface area contributed by atoms with E-state index in [1.165, 1.54) is 4.90 Å². The summed E-state index contributed by atoms with van der Waals surface area (Å²) in [5, 5.41) is 0. The van der Waals surface area contributed by atoms with Crippen LogP contribution in [0.5, 0.6) is 5.75 Å². The molecule has 1 atom stereocenters. The maximum atomic E-state index is 11.7. The molecule has 1 heterocycles. The quantitative estimate of drug-likeness (QED) is 0.791. The summed E-state index contributed by atoms with van der Waals surface area (Å²) in [5.41, 5.74) is 6.40. The zero-order chi connectivity index (χ0) is 11.0. The second-order valence-corrected chi connectivity index (χ2v) is 4.34. The van der Waals surface area contributed by atoms with Gasteiger partial charge in [-0.2, -0.15) is 0 Å². The number of fused-ring (bicyclic) bond motifs is 1. The van der Waals surface area contributed by atoms with Crippen molar-refractivity contribution in [2.75, 3.05) is 18.6 Å². The Hall–Kier alpha value is -0.780. The Balaban J connectivity index is 0.00000128. The summed E-state index contributed by atoms with van der Waals surface area (Å²) in [4.78, 5) is 13.3. The number of likely N-dealkylation sites (N-methyl/N-ethyl adjacent to an activating group) is 1. The largest absolute Gasteiger partial charge is 0.489 e. The number of amides is 1. The van der Waals surface area contributed by atoms with Gasteiger partial charge in [-0.05, 0) is 18.2 Å². The highest BCUT2D eigenvalue weighted by molar-refractivity contribution is 9.10. The topological polar surface area (TPSA) is 55.6 Å². The molecule has 1 amide bonds. The van der Waals surface area contributed by atoms with E-state index in [1.807, 2.05) is 18.2 Å². The lowest BCUT2D eigenvalue weighted by atomic mass is 10.2. The minimum Gasteiger partial charge on any atom is -0.489 e. The van der Waals surface area contributed by atoms with Gasteiger partial charge in [0.2, 0.25) is 5.91 Å². The maximum Gasteiger partial charge on any atom is 0.247 e. The second-order valence-electron chi connectivity index (χ2n) is 3.43. The molecule has 0 radical (unpaired) electrons. The van der Waals surface area contributed by atoms with E-state index in [0.717, 1.165) is 10.2 Å². The number of nitrogens with two attached hydrogens (primary N) is 1. The van der Waals surface area contributed by atoms with Crippen LogP contribution in [0.1, 0.15) is 0 Å². The Morgan fingerprint density at radius 1 is 1.56 bits per heavy atom. The van der Waals surface area contributed by atoms with Crippen molar-refractivity contribution >= 4 is 39.9 Å².